The minimum absolute atomic E-state index is 0.0340. The number of amides is 1. The van der Waals surface area contributed by atoms with Crippen molar-refractivity contribution in [3.8, 4) is 0 Å². The first-order valence-electron chi connectivity index (χ1n) is 7.92. The van der Waals surface area contributed by atoms with E-state index in [0.29, 0.717) is 31.8 Å². The number of nitrogens with one attached hydrogen (secondary N) is 1. The number of rotatable bonds is 6. The number of aromatic nitrogens is 3. The van der Waals surface area contributed by atoms with E-state index < -0.39 is 0 Å². The molecule has 1 amide bonds. The minimum Gasteiger partial charge on any atom is -0.374 e. The quantitative estimate of drug-likeness (QED) is 0.858. The van der Waals surface area contributed by atoms with Crippen LogP contribution in [0.1, 0.15) is 6.42 Å². The molecule has 0 bridgehead atoms. The van der Waals surface area contributed by atoms with Gasteiger partial charge in [-0.3, -0.25) is 9.69 Å². The summed E-state index contributed by atoms with van der Waals surface area (Å²) in [4.78, 5) is 14.2. The maximum atomic E-state index is 13.1. The predicted octanol–water partition coefficient (Wildman–Crippen LogP) is 1.15. The highest BCUT2D eigenvalue weighted by atomic mass is 19.1. The fourth-order valence-corrected chi connectivity index (χ4v) is 2.68. The Kier molecular flexibility index (Phi) is 5.50. The summed E-state index contributed by atoms with van der Waals surface area (Å²) in [6, 6.07) is 5.89. The zero-order chi connectivity index (χ0) is 16.8. The molecule has 0 spiro atoms. The van der Waals surface area contributed by atoms with E-state index in [1.54, 1.807) is 29.2 Å². The van der Waals surface area contributed by atoms with Crippen molar-refractivity contribution in [1.82, 2.24) is 19.9 Å². The lowest BCUT2D eigenvalue weighted by Crippen LogP contribution is -2.45. The first-order valence-corrected chi connectivity index (χ1v) is 7.92. The number of ether oxygens (including phenoxy) is 1. The second kappa shape index (κ2) is 7.98. The van der Waals surface area contributed by atoms with Crippen molar-refractivity contribution in [2.75, 3.05) is 31.6 Å². The van der Waals surface area contributed by atoms with Crippen molar-refractivity contribution in [1.29, 1.82) is 0 Å². The molecule has 0 aliphatic carbocycles. The molecule has 0 saturated carbocycles. The summed E-state index contributed by atoms with van der Waals surface area (Å²) in [6.07, 6.45) is 3.82. The van der Waals surface area contributed by atoms with Gasteiger partial charge >= 0.3 is 0 Å². The lowest BCUT2D eigenvalue weighted by molar-refractivity contribution is -0.117. The number of morpholine rings is 1. The average molecular weight is 333 g/mol. The molecule has 8 heteroatoms. The molecule has 1 unspecified atom stereocenters. The largest absolute Gasteiger partial charge is 0.374 e. The normalized spacial score (nSPS) is 18.5. The van der Waals surface area contributed by atoms with Gasteiger partial charge in [0.1, 0.15) is 5.82 Å². The van der Waals surface area contributed by atoms with Crippen LogP contribution in [0, 0.1) is 5.82 Å². The van der Waals surface area contributed by atoms with Crippen LogP contribution in [0.2, 0.25) is 0 Å². The molecule has 3 rings (SSSR count). The first kappa shape index (κ1) is 16.5. The summed E-state index contributed by atoms with van der Waals surface area (Å²) < 4.78 is 20.6. The van der Waals surface area contributed by atoms with Crippen LogP contribution < -0.4 is 5.32 Å². The molecule has 1 aromatic carbocycles. The van der Waals surface area contributed by atoms with Gasteiger partial charge in [-0.05, 0) is 18.2 Å². The van der Waals surface area contributed by atoms with E-state index in [1.165, 1.54) is 12.1 Å². The zero-order valence-electron chi connectivity index (χ0n) is 13.3. The van der Waals surface area contributed by atoms with Crippen LogP contribution in [-0.4, -0.2) is 58.1 Å². The van der Waals surface area contributed by atoms with E-state index in [2.05, 4.69) is 20.5 Å². The van der Waals surface area contributed by atoms with Crippen LogP contribution in [-0.2, 0) is 16.1 Å². The van der Waals surface area contributed by atoms with E-state index in [0.717, 1.165) is 13.1 Å². The van der Waals surface area contributed by atoms with Gasteiger partial charge in [0.25, 0.3) is 0 Å². The molecule has 128 valence electrons. The van der Waals surface area contributed by atoms with Crippen molar-refractivity contribution in [3.05, 3.63) is 42.5 Å². The average Bonchev–Trinajstić information content (AvgIpc) is 3.06. The third kappa shape index (κ3) is 4.84. The SMILES string of the molecule is O=C(CCN1CCOC(Cn2ccnn2)C1)Nc1cccc(F)c1. The maximum absolute atomic E-state index is 13.1. The van der Waals surface area contributed by atoms with Gasteiger partial charge in [0, 0.05) is 37.9 Å². The number of hydrogen-bond acceptors (Lipinski definition) is 5. The molecule has 1 aliphatic rings. The molecule has 1 N–H and O–H groups in total. The lowest BCUT2D eigenvalue weighted by Gasteiger charge is -2.32. The Hall–Kier alpha value is -2.32. The number of benzene rings is 1. The topological polar surface area (TPSA) is 72.3 Å². The first-order chi connectivity index (χ1) is 11.7. The number of carbonyl (C=O) groups excluding carboxylic acids is 1. The Balaban J connectivity index is 1.43. The van der Waals surface area contributed by atoms with E-state index in [4.69, 9.17) is 4.74 Å². The van der Waals surface area contributed by atoms with Gasteiger partial charge < -0.3 is 10.1 Å². The highest BCUT2D eigenvalue weighted by Gasteiger charge is 2.21. The number of carbonyl (C=O) groups is 1. The molecule has 1 saturated heterocycles. The second-order valence-corrected chi connectivity index (χ2v) is 5.73. The fourth-order valence-electron chi connectivity index (χ4n) is 2.68. The summed E-state index contributed by atoms with van der Waals surface area (Å²) in [5.74, 6) is -0.489. The molecular formula is C16H20FN5O2. The van der Waals surface area contributed by atoms with Crippen LogP contribution in [0.5, 0.6) is 0 Å². The summed E-state index contributed by atoms with van der Waals surface area (Å²) in [6.45, 7) is 3.45. The lowest BCUT2D eigenvalue weighted by atomic mass is 10.2. The summed E-state index contributed by atoms with van der Waals surface area (Å²) in [7, 11) is 0. The summed E-state index contributed by atoms with van der Waals surface area (Å²) in [5.41, 5.74) is 0.478. The van der Waals surface area contributed by atoms with Crippen LogP contribution in [0.25, 0.3) is 0 Å². The monoisotopic (exact) mass is 333 g/mol. The molecule has 1 atom stereocenters. The van der Waals surface area contributed by atoms with Crippen LogP contribution in [0.4, 0.5) is 10.1 Å². The van der Waals surface area contributed by atoms with E-state index in [9.17, 15) is 9.18 Å². The highest BCUT2D eigenvalue weighted by molar-refractivity contribution is 5.90. The summed E-state index contributed by atoms with van der Waals surface area (Å²) in [5, 5.41) is 10.4. The Morgan fingerprint density at radius 2 is 2.38 bits per heavy atom. The van der Waals surface area contributed by atoms with E-state index in [-0.39, 0.29) is 17.8 Å². The number of anilines is 1. The molecule has 24 heavy (non-hydrogen) atoms. The Bertz CT molecular complexity index is 664. The zero-order valence-corrected chi connectivity index (χ0v) is 13.3. The van der Waals surface area contributed by atoms with Crippen LogP contribution >= 0.6 is 0 Å². The number of nitrogens with zero attached hydrogens (tertiary/aromatic N) is 4. The van der Waals surface area contributed by atoms with Crippen molar-refractivity contribution in [2.45, 2.75) is 19.1 Å². The smallest absolute Gasteiger partial charge is 0.225 e. The molecule has 0 radical (unpaired) electrons. The van der Waals surface area contributed by atoms with E-state index in [1.807, 2.05) is 0 Å². The molecule has 1 aromatic heterocycles. The second-order valence-electron chi connectivity index (χ2n) is 5.73. The molecule has 2 aromatic rings. The van der Waals surface area contributed by atoms with Gasteiger partial charge in [-0.15, -0.1) is 5.10 Å². The predicted molar refractivity (Wildman–Crippen MR) is 85.8 cm³/mol. The van der Waals surface area contributed by atoms with Crippen molar-refractivity contribution < 1.29 is 13.9 Å². The van der Waals surface area contributed by atoms with Gasteiger partial charge in [0.2, 0.25) is 5.91 Å². The molecule has 2 heterocycles. The molecule has 1 fully saturated rings. The Morgan fingerprint density at radius 1 is 1.46 bits per heavy atom. The van der Waals surface area contributed by atoms with Crippen molar-refractivity contribution in [3.63, 3.8) is 0 Å². The van der Waals surface area contributed by atoms with Crippen molar-refractivity contribution in [2.24, 2.45) is 0 Å². The minimum atomic E-state index is -0.364. The Labute approximate surface area is 139 Å². The maximum Gasteiger partial charge on any atom is 0.225 e. The van der Waals surface area contributed by atoms with Crippen LogP contribution in [0.15, 0.2) is 36.7 Å². The number of halogens is 1. The molecule has 1 aliphatic heterocycles. The van der Waals surface area contributed by atoms with Gasteiger partial charge in [-0.2, -0.15) is 0 Å². The van der Waals surface area contributed by atoms with Gasteiger partial charge in [0.15, 0.2) is 0 Å². The Morgan fingerprint density at radius 3 is 3.17 bits per heavy atom. The molecule has 7 nitrogen and oxygen atoms in total. The standard InChI is InChI=1S/C16H20FN5O2/c17-13-2-1-3-14(10-13)19-16(23)4-6-21-8-9-24-15(11-21)12-22-7-5-18-20-22/h1-3,5,7,10,15H,4,6,8-9,11-12H2,(H,19,23). The molecular weight excluding hydrogens is 313 g/mol. The fraction of sp³-hybridized carbons (Fsp3) is 0.438. The third-order valence-electron chi connectivity index (χ3n) is 3.85. The van der Waals surface area contributed by atoms with Gasteiger partial charge in [0.05, 0.1) is 25.5 Å². The van der Waals surface area contributed by atoms with E-state index >= 15 is 0 Å². The van der Waals surface area contributed by atoms with Gasteiger partial charge in [-0.25, -0.2) is 9.07 Å². The highest BCUT2D eigenvalue weighted by Crippen LogP contribution is 2.11. The number of hydrogen-bond donors (Lipinski definition) is 1. The van der Waals surface area contributed by atoms with Crippen molar-refractivity contribution >= 4 is 11.6 Å². The third-order valence-corrected chi connectivity index (χ3v) is 3.85. The van der Waals surface area contributed by atoms with Gasteiger partial charge in [-0.1, -0.05) is 11.3 Å². The summed E-state index contributed by atoms with van der Waals surface area (Å²) >= 11 is 0. The van der Waals surface area contributed by atoms with Crippen LogP contribution in [0.3, 0.4) is 0 Å².